The molecule has 136 valence electrons. The molecule has 1 amide bonds. The van der Waals surface area contributed by atoms with E-state index in [0.29, 0.717) is 16.3 Å². The summed E-state index contributed by atoms with van der Waals surface area (Å²) in [5.41, 5.74) is 2.95. The van der Waals surface area contributed by atoms with Crippen LogP contribution in [0, 0.1) is 31.1 Å². The maximum atomic E-state index is 12.8. The van der Waals surface area contributed by atoms with Crippen molar-refractivity contribution in [1.82, 2.24) is 4.98 Å². The number of anilines is 1. The third-order valence-electron chi connectivity index (χ3n) is 3.88. The Kier molecular flexibility index (Phi) is 6.64. The molecule has 1 N–H and O–H groups in total. The van der Waals surface area contributed by atoms with Gasteiger partial charge in [-0.15, -0.1) is 0 Å². The number of aryl methyl sites for hydroxylation is 2. The fourth-order valence-corrected chi connectivity index (χ4v) is 3.72. The van der Waals surface area contributed by atoms with E-state index in [0.717, 1.165) is 17.0 Å². The molecule has 1 aromatic carbocycles. The Bertz CT molecular complexity index is 826. The van der Waals surface area contributed by atoms with Crippen LogP contribution in [0.25, 0.3) is 0 Å². The van der Waals surface area contributed by atoms with Crippen molar-refractivity contribution in [2.24, 2.45) is 5.92 Å². The number of hydrogen-bond donors (Lipinski definition) is 1. The molecule has 0 aliphatic carbocycles. The van der Waals surface area contributed by atoms with Crippen LogP contribution in [0.2, 0.25) is 0 Å². The molecular formula is C20H23N3O2S. The van der Waals surface area contributed by atoms with Crippen molar-refractivity contribution >= 4 is 23.4 Å². The number of amides is 1. The molecule has 5 nitrogen and oxygen atoms in total. The summed E-state index contributed by atoms with van der Waals surface area (Å²) >= 11 is 1.34. The Morgan fingerprint density at radius 1 is 1.27 bits per heavy atom. The van der Waals surface area contributed by atoms with Crippen LogP contribution in [-0.2, 0) is 4.79 Å². The summed E-state index contributed by atoms with van der Waals surface area (Å²) in [4.78, 5) is 17.3. The highest BCUT2D eigenvalue weighted by Crippen LogP contribution is 2.32. The van der Waals surface area contributed by atoms with Crippen LogP contribution < -0.4 is 10.1 Å². The number of benzene rings is 1. The first-order valence-corrected chi connectivity index (χ1v) is 9.23. The molecule has 0 fully saturated rings. The molecule has 0 bridgehead atoms. The number of thioether (sulfide) groups is 1. The van der Waals surface area contributed by atoms with Crippen molar-refractivity contribution in [1.29, 1.82) is 5.26 Å². The zero-order valence-electron chi connectivity index (χ0n) is 15.7. The zero-order chi connectivity index (χ0) is 19.3. The monoisotopic (exact) mass is 369 g/mol. The molecule has 0 saturated carbocycles. The van der Waals surface area contributed by atoms with E-state index in [1.807, 2.05) is 33.8 Å². The molecule has 0 aliphatic heterocycles. The van der Waals surface area contributed by atoms with Crippen molar-refractivity contribution in [3.63, 3.8) is 0 Å². The number of hydrogen-bond acceptors (Lipinski definition) is 5. The molecule has 1 unspecified atom stereocenters. The first kappa shape index (κ1) is 19.8. The molecule has 1 aromatic heterocycles. The molecule has 1 heterocycles. The number of ether oxygens (including phenoxy) is 1. The van der Waals surface area contributed by atoms with E-state index < -0.39 is 0 Å². The lowest BCUT2D eigenvalue weighted by atomic mass is 10.1. The van der Waals surface area contributed by atoms with Crippen LogP contribution in [0.4, 0.5) is 5.69 Å². The topological polar surface area (TPSA) is 75.0 Å². The van der Waals surface area contributed by atoms with Crippen LogP contribution >= 0.6 is 11.8 Å². The van der Waals surface area contributed by atoms with E-state index in [1.165, 1.54) is 11.8 Å². The second-order valence-corrected chi connectivity index (χ2v) is 7.50. The third-order valence-corrected chi connectivity index (χ3v) is 5.41. The molecule has 2 aromatic rings. The second kappa shape index (κ2) is 8.72. The van der Waals surface area contributed by atoms with Crippen LogP contribution in [0.15, 0.2) is 35.4 Å². The SMILES string of the molecule is COc1ccc(NC(=O)C(Sc2nc(C)cc(C)c2C#N)C(C)C)cc1. The zero-order valence-corrected chi connectivity index (χ0v) is 16.5. The molecule has 0 spiro atoms. The van der Waals surface area contributed by atoms with Gasteiger partial charge >= 0.3 is 0 Å². The van der Waals surface area contributed by atoms with Crippen LogP contribution in [0.1, 0.15) is 30.7 Å². The number of methoxy groups -OCH3 is 1. The summed E-state index contributed by atoms with van der Waals surface area (Å²) in [5.74, 6) is 0.698. The molecule has 0 aliphatic rings. The predicted octanol–water partition coefficient (Wildman–Crippen LogP) is 4.33. The van der Waals surface area contributed by atoms with Gasteiger partial charge in [0.2, 0.25) is 5.91 Å². The van der Waals surface area contributed by atoms with E-state index in [2.05, 4.69) is 16.4 Å². The number of nitrogens with one attached hydrogen (secondary N) is 1. The Balaban J connectivity index is 2.23. The maximum Gasteiger partial charge on any atom is 0.238 e. The van der Waals surface area contributed by atoms with E-state index in [1.54, 1.807) is 31.4 Å². The van der Waals surface area contributed by atoms with Gasteiger partial charge in [-0.1, -0.05) is 25.6 Å². The Labute approximate surface area is 158 Å². The van der Waals surface area contributed by atoms with Gasteiger partial charge in [-0.25, -0.2) is 4.98 Å². The first-order valence-electron chi connectivity index (χ1n) is 8.35. The van der Waals surface area contributed by atoms with Gasteiger partial charge in [0.15, 0.2) is 0 Å². The minimum Gasteiger partial charge on any atom is -0.497 e. The average Bonchev–Trinajstić information content (AvgIpc) is 2.59. The fourth-order valence-electron chi connectivity index (χ4n) is 2.52. The highest BCUT2D eigenvalue weighted by Gasteiger charge is 2.26. The number of carbonyl (C=O) groups is 1. The number of pyridine rings is 1. The highest BCUT2D eigenvalue weighted by atomic mass is 32.2. The van der Waals surface area contributed by atoms with Crippen molar-refractivity contribution < 1.29 is 9.53 Å². The Morgan fingerprint density at radius 2 is 1.92 bits per heavy atom. The smallest absolute Gasteiger partial charge is 0.238 e. The van der Waals surface area contributed by atoms with Gasteiger partial charge in [0.25, 0.3) is 0 Å². The van der Waals surface area contributed by atoms with Crippen LogP contribution in [-0.4, -0.2) is 23.3 Å². The van der Waals surface area contributed by atoms with Gasteiger partial charge < -0.3 is 10.1 Å². The predicted molar refractivity (Wildman–Crippen MR) is 105 cm³/mol. The number of aromatic nitrogens is 1. The average molecular weight is 369 g/mol. The summed E-state index contributed by atoms with van der Waals surface area (Å²) in [6, 6.07) is 11.3. The summed E-state index contributed by atoms with van der Waals surface area (Å²) in [5, 5.41) is 12.6. The first-order chi connectivity index (χ1) is 12.3. The molecular weight excluding hydrogens is 346 g/mol. The van der Waals surface area contributed by atoms with E-state index in [9.17, 15) is 10.1 Å². The van der Waals surface area contributed by atoms with E-state index in [-0.39, 0.29) is 17.1 Å². The summed E-state index contributed by atoms with van der Waals surface area (Å²) < 4.78 is 5.13. The molecule has 0 saturated heterocycles. The van der Waals surface area contributed by atoms with Gasteiger partial charge in [-0.05, 0) is 55.7 Å². The minimum absolute atomic E-state index is 0.0763. The van der Waals surface area contributed by atoms with Crippen molar-refractivity contribution in [3.05, 3.63) is 47.2 Å². The molecule has 6 heteroatoms. The van der Waals surface area contributed by atoms with E-state index >= 15 is 0 Å². The van der Waals surface area contributed by atoms with E-state index in [4.69, 9.17) is 4.74 Å². The van der Waals surface area contributed by atoms with Crippen molar-refractivity contribution in [3.8, 4) is 11.8 Å². The second-order valence-electron chi connectivity index (χ2n) is 6.37. The molecule has 0 radical (unpaired) electrons. The lowest BCUT2D eigenvalue weighted by Gasteiger charge is -2.20. The standard InChI is InChI=1S/C20H23N3O2S/c1-12(2)18(19(24)23-15-6-8-16(25-5)9-7-15)26-20-17(11-21)13(3)10-14(4)22-20/h6-10,12,18H,1-5H3,(H,23,24). The van der Waals surface area contributed by atoms with Gasteiger partial charge in [0.05, 0.1) is 17.9 Å². The normalized spacial score (nSPS) is 11.7. The third kappa shape index (κ3) is 4.77. The largest absolute Gasteiger partial charge is 0.497 e. The van der Waals surface area contributed by atoms with Gasteiger partial charge in [-0.3, -0.25) is 4.79 Å². The summed E-state index contributed by atoms with van der Waals surface area (Å²) in [7, 11) is 1.60. The Hall–Kier alpha value is -2.52. The van der Waals surface area contributed by atoms with Crippen LogP contribution in [0.5, 0.6) is 5.75 Å². The Morgan fingerprint density at radius 3 is 2.46 bits per heavy atom. The van der Waals surface area contributed by atoms with Gasteiger partial charge in [-0.2, -0.15) is 5.26 Å². The van der Waals surface area contributed by atoms with Gasteiger partial charge in [0.1, 0.15) is 16.8 Å². The number of carbonyl (C=O) groups excluding carboxylic acids is 1. The molecule has 1 atom stereocenters. The number of rotatable bonds is 6. The quantitative estimate of drug-likeness (QED) is 0.767. The number of nitriles is 1. The summed E-state index contributed by atoms with van der Waals surface area (Å²) in [6.45, 7) is 7.75. The van der Waals surface area contributed by atoms with Gasteiger partial charge in [0, 0.05) is 11.4 Å². The van der Waals surface area contributed by atoms with Crippen molar-refractivity contribution in [2.45, 2.75) is 38.0 Å². The lowest BCUT2D eigenvalue weighted by molar-refractivity contribution is -0.116. The maximum absolute atomic E-state index is 12.8. The fraction of sp³-hybridized carbons (Fsp3) is 0.350. The lowest BCUT2D eigenvalue weighted by Crippen LogP contribution is -2.29. The molecule has 2 rings (SSSR count). The minimum atomic E-state index is -0.363. The van der Waals surface area contributed by atoms with Crippen LogP contribution in [0.3, 0.4) is 0 Å². The summed E-state index contributed by atoms with van der Waals surface area (Å²) in [6.07, 6.45) is 0. The number of nitrogens with zero attached hydrogens (tertiary/aromatic N) is 2. The highest BCUT2D eigenvalue weighted by molar-refractivity contribution is 8.00. The molecule has 26 heavy (non-hydrogen) atoms. The van der Waals surface area contributed by atoms with Crippen molar-refractivity contribution in [2.75, 3.05) is 12.4 Å².